The fraction of sp³-hybridized carbons (Fsp3) is 0.462. The van der Waals surface area contributed by atoms with E-state index in [2.05, 4.69) is 4.74 Å². The van der Waals surface area contributed by atoms with Gasteiger partial charge in [-0.2, -0.15) is 13.2 Å². The number of aliphatic hydroxyl groups is 1. The highest BCUT2D eigenvalue weighted by atomic mass is 19.4. The molecule has 1 atom stereocenters. The Kier molecular flexibility index (Phi) is 5.06. The van der Waals surface area contributed by atoms with Gasteiger partial charge in [0.2, 0.25) is 0 Å². The molecule has 0 aliphatic carbocycles. The van der Waals surface area contributed by atoms with E-state index in [1.807, 2.05) is 0 Å². The summed E-state index contributed by atoms with van der Waals surface area (Å²) >= 11 is 0. The quantitative estimate of drug-likeness (QED) is 0.843. The van der Waals surface area contributed by atoms with Gasteiger partial charge in [0.05, 0.1) is 20.8 Å². The second-order valence-electron chi connectivity index (χ2n) is 3.99. The molecule has 1 unspecified atom stereocenters. The third-order valence-corrected chi connectivity index (χ3v) is 2.78. The van der Waals surface area contributed by atoms with Crippen molar-refractivity contribution in [2.24, 2.45) is 0 Å². The van der Waals surface area contributed by atoms with Gasteiger partial charge in [0.15, 0.2) is 0 Å². The van der Waals surface area contributed by atoms with Crippen molar-refractivity contribution < 1.29 is 37.3 Å². The number of carbonyl (C=O) groups is 1. The summed E-state index contributed by atoms with van der Waals surface area (Å²) in [7, 11) is 2.43. The average molecular weight is 308 g/mol. The maximum atomic E-state index is 13.2. The SMILES string of the molecule is CCOC(=O)C(O)(c1ccc(OC)cc1OC)C(F)(F)F. The molecule has 0 radical (unpaired) electrons. The molecule has 5 nitrogen and oxygen atoms in total. The van der Waals surface area contributed by atoms with Crippen LogP contribution in [-0.2, 0) is 15.1 Å². The molecule has 0 aliphatic heterocycles. The van der Waals surface area contributed by atoms with E-state index in [9.17, 15) is 23.1 Å². The first-order valence-corrected chi connectivity index (χ1v) is 5.91. The van der Waals surface area contributed by atoms with E-state index in [0.29, 0.717) is 0 Å². The molecule has 0 aromatic heterocycles. The van der Waals surface area contributed by atoms with E-state index in [1.54, 1.807) is 0 Å². The highest BCUT2D eigenvalue weighted by Gasteiger charge is 2.63. The first kappa shape index (κ1) is 17.1. The number of benzene rings is 1. The minimum atomic E-state index is -5.28. The molecule has 8 heteroatoms. The van der Waals surface area contributed by atoms with Gasteiger partial charge >= 0.3 is 12.1 Å². The average Bonchev–Trinajstić information content (AvgIpc) is 2.44. The summed E-state index contributed by atoms with van der Waals surface area (Å²) in [5, 5.41) is 9.97. The molecule has 0 amide bonds. The van der Waals surface area contributed by atoms with Crippen LogP contribution >= 0.6 is 0 Å². The molecular weight excluding hydrogens is 293 g/mol. The zero-order valence-corrected chi connectivity index (χ0v) is 11.7. The van der Waals surface area contributed by atoms with Crippen molar-refractivity contribution in [1.82, 2.24) is 0 Å². The van der Waals surface area contributed by atoms with Crippen LogP contribution in [0.5, 0.6) is 11.5 Å². The molecule has 1 N–H and O–H groups in total. The molecule has 0 fully saturated rings. The third kappa shape index (κ3) is 3.05. The summed E-state index contributed by atoms with van der Waals surface area (Å²) in [6.07, 6.45) is -5.28. The van der Waals surface area contributed by atoms with Gasteiger partial charge in [-0.15, -0.1) is 0 Å². The van der Waals surface area contributed by atoms with Gasteiger partial charge in [0, 0.05) is 11.6 Å². The zero-order chi connectivity index (χ0) is 16.3. The van der Waals surface area contributed by atoms with Crippen molar-refractivity contribution in [3.63, 3.8) is 0 Å². The van der Waals surface area contributed by atoms with Gasteiger partial charge < -0.3 is 19.3 Å². The highest BCUT2D eigenvalue weighted by Crippen LogP contribution is 2.44. The first-order chi connectivity index (χ1) is 9.72. The molecule has 21 heavy (non-hydrogen) atoms. The number of methoxy groups -OCH3 is 2. The number of esters is 1. The molecule has 1 aromatic rings. The highest BCUT2D eigenvalue weighted by molar-refractivity contribution is 5.83. The number of hydrogen-bond donors (Lipinski definition) is 1. The Balaban J connectivity index is 3.50. The maximum absolute atomic E-state index is 13.2. The van der Waals surface area contributed by atoms with E-state index in [-0.39, 0.29) is 18.1 Å². The summed E-state index contributed by atoms with van der Waals surface area (Å²) in [6.45, 7) is 1.02. The first-order valence-electron chi connectivity index (χ1n) is 5.91. The Morgan fingerprint density at radius 1 is 1.24 bits per heavy atom. The van der Waals surface area contributed by atoms with Gasteiger partial charge in [0.1, 0.15) is 11.5 Å². The minimum Gasteiger partial charge on any atom is -0.497 e. The monoisotopic (exact) mass is 308 g/mol. The van der Waals surface area contributed by atoms with Gasteiger partial charge in [-0.1, -0.05) is 0 Å². The largest absolute Gasteiger partial charge is 0.497 e. The second-order valence-corrected chi connectivity index (χ2v) is 3.99. The molecule has 0 saturated heterocycles. The van der Waals surface area contributed by atoms with Crippen LogP contribution in [0, 0.1) is 0 Å². The van der Waals surface area contributed by atoms with Gasteiger partial charge in [0.25, 0.3) is 5.60 Å². The molecule has 1 rings (SSSR count). The standard InChI is InChI=1S/C13H15F3O5/c1-4-21-11(17)12(18,13(14,15)16)9-6-5-8(19-2)7-10(9)20-3/h5-7,18H,4H2,1-3H3. The molecule has 118 valence electrons. The number of halogens is 3. The number of hydrogen-bond acceptors (Lipinski definition) is 5. The lowest BCUT2D eigenvalue weighted by atomic mass is 9.92. The van der Waals surface area contributed by atoms with Gasteiger partial charge in [-0.05, 0) is 19.1 Å². The molecule has 1 aromatic carbocycles. The molecule has 0 heterocycles. The van der Waals surface area contributed by atoms with E-state index >= 15 is 0 Å². The Morgan fingerprint density at radius 3 is 2.29 bits per heavy atom. The zero-order valence-electron chi connectivity index (χ0n) is 11.7. The predicted molar refractivity (Wildman–Crippen MR) is 66.1 cm³/mol. The molecular formula is C13H15F3O5. The summed E-state index contributed by atoms with van der Waals surface area (Å²) in [6, 6.07) is 3.21. The van der Waals surface area contributed by atoms with Crippen molar-refractivity contribution >= 4 is 5.97 Å². The summed E-state index contributed by atoms with van der Waals surface area (Å²) in [4.78, 5) is 11.7. The van der Waals surface area contributed by atoms with Crippen LogP contribution in [0.4, 0.5) is 13.2 Å². The van der Waals surface area contributed by atoms with E-state index < -0.39 is 23.3 Å². The smallest absolute Gasteiger partial charge is 0.432 e. The fourth-order valence-electron chi connectivity index (χ4n) is 1.71. The van der Waals surface area contributed by atoms with Gasteiger partial charge in [-0.25, -0.2) is 4.79 Å². The van der Waals surface area contributed by atoms with Crippen molar-refractivity contribution in [3.05, 3.63) is 23.8 Å². The summed E-state index contributed by atoms with van der Waals surface area (Å²) in [5.74, 6) is -1.95. The Hall–Kier alpha value is -1.96. The normalized spacial score (nSPS) is 14.2. The van der Waals surface area contributed by atoms with Crippen LogP contribution < -0.4 is 9.47 Å². The number of carbonyl (C=O) groups excluding carboxylic acids is 1. The van der Waals surface area contributed by atoms with E-state index in [1.165, 1.54) is 20.1 Å². The van der Waals surface area contributed by atoms with E-state index in [4.69, 9.17) is 9.47 Å². The van der Waals surface area contributed by atoms with Crippen LogP contribution in [-0.4, -0.2) is 38.1 Å². The Bertz CT molecular complexity index is 515. The number of ether oxygens (including phenoxy) is 3. The Morgan fingerprint density at radius 2 is 1.86 bits per heavy atom. The fourth-order valence-corrected chi connectivity index (χ4v) is 1.71. The lowest BCUT2D eigenvalue weighted by Gasteiger charge is -2.29. The van der Waals surface area contributed by atoms with Crippen LogP contribution in [0.3, 0.4) is 0 Å². The van der Waals surface area contributed by atoms with Crippen molar-refractivity contribution in [2.45, 2.75) is 18.7 Å². The molecule has 0 bridgehead atoms. The maximum Gasteiger partial charge on any atom is 0.432 e. The molecule has 0 spiro atoms. The minimum absolute atomic E-state index is 0.212. The topological polar surface area (TPSA) is 65.0 Å². The third-order valence-electron chi connectivity index (χ3n) is 2.78. The number of alkyl halides is 3. The molecule has 0 aliphatic rings. The number of rotatable bonds is 5. The van der Waals surface area contributed by atoms with E-state index in [0.717, 1.165) is 19.2 Å². The van der Waals surface area contributed by atoms with Crippen molar-refractivity contribution in [3.8, 4) is 11.5 Å². The second kappa shape index (κ2) is 6.21. The van der Waals surface area contributed by atoms with Crippen LogP contribution in [0.15, 0.2) is 18.2 Å². The lowest BCUT2D eigenvalue weighted by molar-refractivity contribution is -0.268. The predicted octanol–water partition coefficient (Wildman–Crippen LogP) is 2.02. The van der Waals surface area contributed by atoms with Crippen molar-refractivity contribution in [1.29, 1.82) is 0 Å². The lowest BCUT2D eigenvalue weighted by Crippen LogP contribution is -2.50. The summed E-state index contributed by atoms with van der Waals surface area (Å²) < 4.78 is 53.7. The molecule has 0 saturated carbocycles. The van der Waals surface area contributed by atoms with Crippen molar-refractivity contribution in [2.75, 3.05) is 20.8 Å². The Labute approximate surface area is 119 Å². The summed E-state index contributed by atoms with van der Waals surface area (Å²) in [5.41, 5.74) is -4.59. The van der Waals surface area contributed by atoms with Gasteiger partial charge in [-0.3, -0.25) is 0 Å². The van der Waals surface area contributed by atoms with Crippen LogP contribution in [0.2, 0.25) is 0 Å². The van der Waals surface area contributed by atoms with Crippen LogP contribution in [0.1, 0.15) is 12.5 Å². The van der Waals surface area contributed by atoms with Crippen LogP contribution in [0.25, 0.3) is 0 Å².